The first-order valence-electron chi connectivity index (χ1n) is 4.79. The van der Waals surface area contributed by atoms with Crippen molar-refractivity contribution in [2.75, 3.05) is 11.0 Å². The SMILES string of the molecule is Cc1cc2oc(=O)sc2c(C)c1NS(C)(=O)=O. The van der Waals surface area contributed by atoms with Crippen molar-refractivity contribution in [3.05, 3.63) is 26.9 Å². The van der Waals surface area contributed by atoms with Crippen LogP contribution >= 0.6 is 11.3 Å². The number of anilines is 1. The van der Waals surface area contributed by atoms with Gasteiger partial charge in [-0.05, 0) is 31.0 Å². The van der Waals surface area contributed by atoms with Gasteiger partial charge in [-0.3, -0.25) is 4.72 Å². The number of fused-ring (bicyclic) bond motifs is 1. The van der Waals surface area contributed by atoms with Crippen molar-refractivity contribution in [3.8, 4) is 0 Å². The highest BCUT2D eigenvalue weighted by Gasteiger charge is 2.14. The minimum Gasteiger partial charge on any atom is -0.414 e. The van der Waals surface area contributed by atoms with Gasteiger partial charge < -0.3 is 4.42 Å². The molecular formula is C10H11NO4S2. The summed E-state index contributed by atoms with van der Waals surface area (Å²) in [6.45, 7) is 3.52. The largest absolute Gasteiger partial charge is 0.414 e. The summed E-state index contributed by atoms with van der Waals surface area (Å²) in [6, 6.07) is 1.66. The van der Waals surface area contributed by atoms with Gasteiger partial charge in [0.05, 0.1) is 16.6 Å². The Morgan fingerprint density at radius 2 is 2.00 bits per heavy atom. The first-order valence-corrected chi connectivity index (χ1v) is 7.50. The number of rotatable bonds is 2. The monoisotopic (exact) mass is 273 g/mol. The summed E-state index contributed by atoms with van der Waals surface area (Å²) in [6.07, 6.45) is 1.09. The first-order chi connectivity index (χ1) is 7.78. The summed E-state index contributed by atoms with van der Waals surface area (Å²) in [5, 5.41) is 0. The number of aryl methyl sites for hydroxylation is 2. The van der Waals surface area contributed by atoms with E-state index >= 15 is 0 Å². The molecule has 0 amide bonds. The van der Waals surface area contributed by atoms with Gasteiger partial charge in [0, 0.05) is 0 Å². The van der Waals surface area contributed by atoms with Crippen LogP contribution < -0.4 is 9.66 Å². The van der Waals surface area contributed by atoms with E-state index in [4.69, 9.17) is 4.42 Å². The third kappa shape index (κ3) is 2.34. The molecule has 5 nitrogen and oxygen atoms in total. The second-order valence-corrected chi connectivity index (χ2v) is 6.54. The standard InChI is InChI=1S/C10H11NO4S2/c1-5-4-7-9(16-10(12)15-7)6(2)8(5)11-17(3,13)14/h4,11H,1-3H3. The summed E-state index contributed by atoms with van der Waals surface area (Å²) in [4.78, 5) is 10.8. The topological polar surface area (TPSA) is 76.4 Å². The molecule has 0 aliphatic heterocycles. The Labute approximate surface area is 102 Å². The molecule has 0 bridgehead atoms. The van der Waals surface area contributed by atoms with Gasteiger partial charge in [-0.25, -0.2) is 13.2 Å². The van der Waals surface area contributed by atoms with E-state index in [-0.39, 0.29) is 4.94 Å². The van der Waals surface area contributed by atoms with E-state index < -0.39 is 10.0 Å². The van der Waals surface area contributed by atoms with E-state index in [0.29, 0.717) is 21.5 Å². The molecule has 1 N–H and O–H groups in total. The molecule has 0 fully saturated rings. The Morgan fingerprint density at radius 3 is 2.59 bits per heavy atom. The third-order valence-electron chi connectivity index (χ3n) is 2.35. The van der Waals surface area contributed by atoms with Gasteiger partial charge in [0.15, 0.2) is 0 Å². The van der Waals surface area contributed by atoms with Gasteiger partial charge in [0.2, 0.25) is 10.0 Å². The summed E-state index contributed by atoms with van der Waals surface area (Å²) < 4.78 is 30.6. The molecular weight excluding hydrogens is 262 g/mol. The van der Waals surface area contributed by atoms with Gasteiger partial charge in [0.1, 0.15) is 5.58 Å². The van der Waals surface area contributed by atoms with E-state index in [1.165, 1.54) is 0 Å². The van der Waals surface area contributed by atoms with Crippen molar-refractivity contribution in [1.29, 1.82) is 0 Å². The second kappa shape index (κ2) is 3.85. The maximum Gasteiger partial charge on any atom is 0.396 e. The minimum atomic E-state index is -3.34. The van der Waals surface area contributed by atoms with Crippen molar-refractivity contribution in [2.45, 2.75) is 13.8 Å². The lowest BCUT2D eigenvalue weighted by Gasteiger charge is -2.10. The van der Waals surface area contributed by atoms with Crippen LogP contribution in [0.15, 0.2) is 15.3 Å². The van der Waals surface area contributed by atoms with Crippen LogP contribution in [0.25, 0.3) is 10.3 Å². The minimum absolute atomic E-state index is 0.390. The van der Waals surface area contributed by atoms with Gasteiger partial charge >= 0.3 is 4.94 Å². The molecule has 17 heavy (non-hydrogen) atoms. The van der Waals surface area contributed by atoms with Crippen LogP contribution in [0.3, 0.4) is 0 Å². The predicted molar refractivity (Wildman–Crippen MR) is 68.3 cm³/mol. The Morgan fingerprint density at radius 1 is 1.35 bits per heavy atom. The third-order valence-corrected chi connectivity index (χ3v) is 3.88. The molecule has 1 aromatic carbocycles. The van der Waals surface area contributed by atoms with Crippen molar-refractivity contribution < 1.29 is 12.8 Å². The molecule has 1 heterocycles. The Balaban J connectivity index is 2.75. The Hall–Kier alpha value is -1.34. The predicted octanol–water partition coefficient (Wildman–Crippen LogP) is 1.84. The number of sulfonamides is 1. The zero-order valence-corrected chi connectivity index (χ0v) is 11.2. The van der Waals surface area contributed by atoms with Crippen LogP contribution in [0, 0.1) is 13.8 Å². The Bertz CT molecular complexity index is 739. The molecule has 1 aromatic heterocycles. The molecule has 2 rings (SSSR count). The number of benzene rings is 1. The van der Waals surface area contributed by atoms with Crippen LogP contribution in [-0.2, 0) is 10.0 Å². The summed E-state index contributed by atoms with van der Waals surface area (Å²) in [5.41, 5.74) is 2.44. The normalized spacial score (nSPS) is 11.9. The van der Waals surface area contributed by atoms with Crippen LogP contribution in [0.5, 0.6) is 0 Å². The lowest BCUT2D eigenvalue weighted by molar-refractivity contribution is 0.585. The molecule has 92 valence electrons. The van der Waals surface area contributed by atoms with Crippen molar-refractivity contribution in [1.82, 2.24) is 0 Å². The highest BCUT2D eigenvalue weighted by atomic mass is 32.2. The van der Waals surface area contributed by atoms with Crippen LogP contribution in [0.1, 0.15) is 11.1 Å². The van der Waals surface area contributed by atoms with Crippen LogP contribution in [0.4, 0.5) is 5.69 Å². The van der Waals surface area contributed by atoms with Gasteiger partial charge in [-0.15, -0.1) is 0 Å². The maximum absolute atomic E-state index is 11.3. The molecule has 2 aromatic rings. The van der Waals surface area contributed by atoms with Crippen molar-refractivity contribution in [2.24, 2.45) is 0 Å². The second-order valence-electron chi connectivity index (χ2n) is 3.85. The zero-order chi connectivity index (χ0) is 12.8. The zero-order valence-electron chi connectivity index (χ0n) is 9.53. The van der Waals surface area contributed by atoms with E-state index in [2.05, 4.69) is 4.72 Å². The van der Waals surface area contributed by atoms with E-state index in [0.717, 1.165) is 23.2 Å². The van der Waals surface area contributed by atoms with Crippen LogP contribution in [0.2, 0.25) is 0 Å². The molecule has 0 radical (unpaired) electrons. The molecule has 0 aliphatic rings. The number of nitrogens with one attached hydrogen (secondary N) is 1. The van der Waals surface area contributed by atoms with Crippen molar-refractivity contribution in [3.63, 3.8) is 0 Å². The molecule has 7 heteroatoms. The number of hydrogen-bond donors (Lipinski definition) is 1. The highest BCUT2D eigenvalue weighted by molar-refractivity contribution is 7.92. The number of hydrogen-bond acceptors (Lipinski definition) is 5. The molecule has 0 unspecified atom stereocenters. The fourth-order valence-corrected chi connectivity index (χ4v) is 3.11. The lowest BCUT2D eigenvalue weighted by atomic mass is 10.1. The fourth-order valence-electron chi connectivity index (χ4n) is 1.67. The first kappa shape index (κ1) is 12.1. The summed E-state index contributed by atoms with van der Waals surface area (Å²) in [5.74, 6) is 0. The average molecular weight is 273 g/mol. The van der Waals surface area contributed by atoms with E-state index in [1.54, 1.807) is 19.9 Å². The summed E-state index contributed by atoms with van der Waals surface area (Å²) in [7, 11) is -3.34. The van der Waals surface area contributed by atoms with Gasteiger partial charge in [0.25, 0.3) is 0 Å². The van der Waals surface area contributed by atoms with Crippen LogP contribution in [-0.4, -0.2) is 14.7 Å². The van der Waals surface area contributed by atoms with Gasteiger partial charge in [-0.2, -0.15) is 0 Å². The van der Waals surface area contributed by atoms with E-state index in [1.807, 2.05) is 0 Å². The average Bonchev–Trinajstić information content (AvgIpc) is 2.52. The molecule has 0 spiro atoms. The van der Waals surface area contributed by atoms with Gasteiger partial charge in [-0.1, -0.05) is 11.3 Å². The molecule has 0 atom stereocenters. The highest BCUT2D eigenvalue weighted by Crippen LogP contribution is 2.31. The van der Waals surface area contributed by atoms with E-state index in [9.17, 15) is 13.2 Å². The molecule has 0 aliphatic carbocycles. The molecule has 0 saturated carbocycles. The smallest absolute Gasteiger partial charge is 0.396 e. The lowest BCUT2D eigenvalue weighted by Crippen LogP contribution is -2.11. The Kier molecular flexibility index (Phi) is 2.75. The quantitative estimate of drug-likeness (QED) is 0.905. The van der Waals surface area contributed by atoms with Crippen molar-refractivity contribution >= 4 is 37.3 Å². The maximum atomic E-state index is 11.3. The summed E-state index contributed by atoms with van der Waals surface area (Å²) >= 11 is 0.971. The molecule has 0 saturated heterocycles. The fraction of sp³-hybridized carbons (Fsp3) is 0.300.